The zero-order valence-electron chi connectivity index (χ0n) is 16.1. The van der Waals surface area contributed by atoms with Crippen molar-refractivity contribution in [2.75, 3.05) is 17.8 Å². The fraction of sp³-hybridized carbons (Fsp3) is 0.381. The standard InChI is InChI=1S/C21H26N2O3S/c1-15-12-16(2)20(17(3)13-15)22-27(25,26)19-9-7-8-18(14-19)21(24)23-10-5-4-6-11-23/h7-9,12-14,22H,4-6,10-11H2,1-3H3. The molecule has 1 N–H and O–H groups in total. The number of benzene rings is 2. The molecule has 144 valence electrons. The number of likely N-dealkylation sites (tertiary alicyclic amines) is 1. The predicted octanol–water partition coefficient (Wildman–Crippen LogP) is 4.04. The number of rotatable bonds is 4. The molecular formula is C21H26N2O3S. The normalized spacial score (nSPS) is 14.9. The van der Waals surface area contributed by atoms with E-state index in [1.54, 1.807) is 17.0 Å². The maximum atomic E-state index is 12.9. The quantitative estimate of drug-likeness (QED) is 0.862. The average molecular weight is 387 g/mol. The van der Waals surface area contributed by atoms with Crippen LogP contribution >= 0.6 is 0 Å². The van der Waals surface area contributed by atoms with Gasteiger partial charge in [-0.1, -0.05) is 23.8 Å². The number of nitrogens with one attached hydrogen (secondary N) is 1. The van der Waals surface area contributed by atoms with Crippen LogP contribution in [0, 0.1) is 20.8 Å². The molecule has 1 fully saturated rings. The summed E-state index contributed by atoms with van der Waals surface area (Å²) in [5, 5.41) is 0. The van der Waals surface area contributed by atoms with Crippen LogP contribution in [0.3, 0.4) is 0 Å². The Morgan fingerprint density at radius 2 is 1.59 bits per heavy atom. The van der Waals surface area contributed by atoms with Crippen molar-refractivity contribution in [3.8, 4) is 0 Å². The number of amides is 1. The molecule has 2 aromatic carbocycles. The first-order valence-corrected chi connectivity index (χ1v) is 10.8. The van der Waals surface area contributed by atoms with Gasteiger partial charge in [-0.05, 0) is 69.4 Å². The first-order valence-electron chi connectivity index (χ1n) is 9.28. The summed E-state index contributed by atoms with van der Waals surface area (Å²) in [6.07, 6.45) is 3.13. The first kappa shape index (κ1) is 19.4. The van der Waals surface area contributed by atoms with Crippen LogP contribution in [-0.2, 0) is 10.0 Å². The lowest BCUT2D eigenvalue weighted by Gasteiger charge is -2.26. The molecule has 1 saturated heterocycles. The number of anilines is 1. The number of carbonyl (C=O) groups is 1. The van der Waals surface area contributed by atoms with Gasteiger partial charge in [-0.2, -0.15) is 0 Å². The zero-order chi connectivity index (χ0) is 19.6. The SMILES string of the molecule is Cc1cc(C)c(NS(=O)(=O)c2cccc(C(=O)N3CCCCC3)c2)c(C)c1. The van der Waals surface area contributed by atoms with Crippen LogP contribution < -0.4 is 4.72 Å². The number of aryl methyl sites for hydroxylation is 3. The first-order chi connectivity index (χ1) is 12.8. The average Bonchev–Trinajstić information content (AvgIpc) is 2.65. The second-order valence-electron chi connectivity index (χ2n) is 7.26. The van der Waals surface area contributed by atoms with Gasteiger partial charge in [0, 0.05) is 18.7 Å². The highest BCUT2D eigenvalue weighted by atomic mass is 32.2. The molecule has 1 aliphatic rings. The highest BCUT2D eigenvalue weighted by Crippen LogP contribution is 2.25. The minimum absolute atomic E-state index is 0.102. The van der Waals surface area contributed by atoms with Crippen molar-refractivity contribution in [3.05, 3.63) is 58.7 Å². The van der Waals surface area contributed by atoms with Crippen LogP contribution in [0.4, 0.5) is 5.69 Å². The molecule has 0 unspecified atom stereocenters. The topological polar surface area (TPSA) is 66.5 Å². The van der Waals surface area contributed by atoms with Crippen LogP contribution in [0.2, 0.25) is 0 Å². The fourth-order valence-corrected chi connectivity index (χ4v) is 4.86. The van der Waals surface area contributed by atoms with E-state index in [9.17, 15) is 13.2 Å². The molecule has 27 heavy (non-hydrogen) atoms. The molecule has 0 saturated carbocycles. The molecule has 1 amide bonds. The van der Waals surface area contributed by atoms with Crippen molar-refractivity contribution in [1.82, 2.24) is 4.90 Å². The zero-order valence-corrected chi connectivity index (χ0v) is 16.9. The number of hydrogen-bond donors (Lipinski definition) is 1. The molecule has 0 radical (unpaired) electrons. The fourth-order valence-electron chi connectivity index (χ4n) is 3.61. The summed E-state index contributed by atoms with van der Waals surface area (Å²) in [4.78, 5) is 14.6. The van der Waals surface area contributed by atoms with Crippen LogP contribution in [0.15, 0.2) is 41.3 Å². The van der Waals surface area contributed by atoms with E-state index in [2.05, 4.69) is 4.72 Å². The van der Waals surface area contributed by atoms with E-state index in [-0.39, 0.29) is 10.8 Å². The number of piperidine rings is 1. The Hall–Kier alpha value is -2.34. The van der Waals surface area contributed by atoms with E-state index in [0.29, 0.717) is 11.3 Å². The lowest BCUT2D eigenvalue weighted by molar-refractivity contribution is 0.0724. The summed E-state index contributed by atoms with van der Waals surface area (Å²) in [5.74, 6) is -0.102. The molecule has 2 aromatic rings. The third-order valence-electron chi connectivity index (χ3n) is 4.95. The highest BCUT2D eigenvalue weighted by molar-refractivity contribution is 7.92. The van der Waals surface area contributed by atoms with Gasteiger partial charge < -0.3 is 4.90 Å². The Bertz CT molecular complexity index is 938. The molecule has 0 bridgehead atoms. The number of nitrogens with zero attached hydrogens (tertiary/aromatic N) is 1. The Kier molecular flexibility index (Phi) is 5.56. The number of sulfonamides is 1. The van der Waals surface area contributed by atoms with Crippen LogP contribution in [0.1, 0.15) is 46.3 Å². The van der Waals surface area contributed by atoms with Gasteiger partial charge in [0.05, 0.1) is 10.6 Å². The third kappa shape index (κ3) is 4.33. The predicted molar refractivity (Wildman–Crippen MR) is 108 cm³/mol. The molecule has 6 heteroatoms. The van der Waals surface area contributed by atoms with Crippen LogP contribution in [0.25, 0.3) is 0 Å². The minimum atomic E-state index is -3.78. The smallest absolute Gasteiger partial charge is 0.261 e. The van der Waals surface area contributed by atoms with E-state index in [4.69, 9.17) is 0 Å². The van der Waals surface area contributed by atoms with Gasteiger partial charge in [-0.3, -0.25) is 9.52 Å². The van der Waals surface area contributed by atoms with Gasteiger partial charge in [-0.25, -0.2) is 8.42 Å². The van der Waals surface area contributed by atoms with E-state index in [1.807, 2.05) is 32.9 Å². The maximum Gasteiger partial charge on any atom is 0.261 e. The van der Waals surface area contributed by atoms with Crippen LogP contribution in [0.5, 0.6) is 0 Å². The van der Waals surface area contributed by atoms with Crippen molar-refractivity contribution in [2.45, 2.75) is 44.9 Å². The molecule has 1 heterocycles. The molecule has 3 rings (SSSR count). The number of hydrogen-bond acceptors (Lipinski definition) is 3. The molecule has 0 atom stereocenters. The molecular weight excluding hydrogens is 360 g/mol. The lowest BCUT2D eigenvalue weighted by atomic mass is 10.1. The second-order valence-corrected chi connectivity index (χ2v) is 8.94. The van der Waals surface area contributed by atoms with E-state index < -0.39 is 10.0 Å². The molecule has 1 aliphatic heterocycles. The monoisotopic (exact) mass is 386 g/mol. The summed E-state index contributed by atoms with van der Waals surface area (Å²) in [6, 6.07) is 10.2. The number of carbonyl (C=O) groups excluding carboxylic acids is 1. The summed E-state index contributed by atoms with van der Waals surface area (Å²) < 4.78 is 28.5. The van der Waals surface area contributed by atoms with Gasteiger partial charge in [0.2, 0.25) is 0 Å². The van der Waals surface area contributed by atoms with Crippen molar-refractivity contribution in [3.63, 3.8) is 0 Å². The molecule has 5 nitrogen and oxygen atoms in total. The van der Waals surface area contributed by atoms with Crippen molar-refractivity contribution in [1.29, 1.82) is 0 Å². The Morgan fingerprint density at radius 1 is 0.963 bits per heavy atom. The Labute approximate surface area is 161 Å². The van der Waals surface area contributed by atoms with Gasteiger partial charge in [0.15, 0.2) is 0 Å². The molecule has 0 aliphatic carbocycles. The van der Waals surface area contributed by atoms with Gasteiger partial charge in [-0.15, -0.1) is 0 Å². The van der Waals surface area contributed by atoms with Gasteiger partial charge >= 0.3 is 0 Å². The summed E-state index contributed by atoms with van der Waals surface area (Å²) >= 11 is 0. The lowest BCUT2D eigenvalue weighted by Crippen LogP contribution is -2.35. The largest absolute Gasteiger partial charge is 0.339 e. The highest BCUT2D eigenvalue weighted by Gasteiger charge is 2.22. The second kappa shape index (κ2) is 7.72. The summed E-state index contributed by atoms with van der Waals surface area (Å²) in [6.45, 7) is 7.21. The van der Waals surface area contributed by atoms with E-state index in [0.717, 1.165) is 49.0 Å². The van der Waals surface area contributed by atoms with Crippen LogP contribution in [-0.4, -0.2) is 32.3 Å². The minimum Gasteiger partial charge on any atom is -0.339 e. The van der Waals surface area contributed by atoms with Gasteiger partial charge in [0.1, 0.15) is 0 Å². The maximum absolute atomic E-state index is 12.9. The Balaban J connectivity index is 1.88. The van der Waals surface area contributed by atoms with Crippen molar-refractivity contribution < 1.29 is 13.2 Å². The summed E-state index contributed by atoms with van der Waals surface area (Å²) in [5.41, 5.74) is 3.83. The van der Waals surface area contributed by atoms with E-state index in [1.165, 1.54) is 12.1 Å². The van der Waals surface area contributed by atoms with Crippen molar-refractivity contribution >= 4 is 21.6 Å². The van der Waals surface area contributed by atoms with Crippen molar-refractivity contribution in [2.24, 2.45) is 0 Å². The third-order valence-corrected chi connectivity index (χ3v) is 6.30. The Morgan fingerprint density at radius 3 is 2.22 bits per heavy atom. The summed E-state index contributed by atoms with van der Waals surface area (Å²) in [7, 11) is -3.78. The molecule has 0 spiro atoms. The van der Waals surface area contributed by atoms with Gasteiger partial charge in [0.25, 0.3) is 15.9 Å². The molecule has 0 aromatic heterocycles. The van der Waals surface area contributed by atoms with E-state index >= 15 is 0 Å².